The first-order chi connectivity index (χ1) is 8.22. The van der Waals surface area contributed by atoms with Crippen LogP contribution in [0.1, 0.15) is 33.8 Å². The lowest BCUT2D eigenvalue weighted by Gasteiger charge is -2.18. The first kappa shape index (κ1) is 12.3. The van der Waals surface area contributed by atoms with Gasteiger partial charge < -0.3 is 5.32 Å². The molecular weight excluding hydrogens is 228 g/mol. The largest absolute Gasteiger partial charge is 0.306 e. The van der Waals surface area contributed by atoms with Crippen LogP contribution in [-0.2, 0) is 0 Å². The van der Waals surface area contributed by atoms with Crippen molar-refractivity contribution in [2.75, 3.05) is 6.54 Å². The predicted molar refractivity (Wildman–Crippen MR) is 73.5 cm³/mol. The van der Waals surface area contributed by atoms with Crippen LogP contribution in [0.3, 0.4) is 0 Å². The Labute approximate surface area is 107 Å². The summed E-state index contributed by atoms with van der Waals surface area (Å²) in [4.78, 5) is 6.89. The molecule has 0 aliphatic rings. The molecule has 2 heterocycles. The number of aryl methyl sites for hydroxylation is 2. The summed E-state index contributed by atoms with van der Waals surface area (Å²) >= 11 is 1.86. The minimum Gasteiger partial charge on any atom is -0.306 e. The molecule has 0 aliphatic carbocycles. The van der Waals surface area contributed by atoms with Crippen molar-refractivity contribution in [3.05, 3.63) is 51.5 Å². The minimum absolute atomic E-state index is 0.293. The van der Waals surface area contributed by atoms with Crippen molar-refractivity contribution < 1.29 is 0 Å². The van der Waals surface area contributed by atoms with Gasteiger partial charge in [0.2, 0.25) is 0 Å². The number of pyridine rings is 1. The molecule has 2 rings (SSSR count). The maximum absolute atomic E-state index is 4.16. The average Bonchev–Trinajstić information content (AvgIpc) is 2.74. The van der Waals surface area contributed by atoms with Crippen LogP contribution in [0.15, 0.2) is 30.6 Å². The number of thiophene rings is 1. The Morgan fingerprint density at radius 2 is 2.12 bits per heavy atom. The van der Waals surface area contributed by atoms with Gasteiger partial charge in [-0.3, -0.25) is 4.98 Å². The quantitative estimate of drug-likeness (QED) is 0.893. The highest BCUT2D eigenvalue weighted by Gasteiger charge is 2.16. The van der Waals surface area contributed by atoms with Crippen LogP contribution in [0.25, 0.3) is 0 Å². The second-order valence-electron chi connectivity index (χ2n) is 4.17. The molecule has 0 aliphatic heterocycles. The molecule has 0 saturated heterocycles. The van der Waals surface area contributed by atoms with E-state index >= 15 is 0 Å². The lowest BCUT2D eigenvalue weighted by molar-refractivity contribution is 0.636. The Morgan fingerprint density at radius 3 is 2.71 bits per heavy atom. The molecular formula is C14H18N2S. The standard InChI is InChI=1S/C14H18N2S/c1-4-16-14(13-6-5-11(3)17-13)12-7-8-15-9-10(12)2/h5-9,14,16H,4H2,1-3H3. The second-order valence-corrected chi connectivity index (χ2v) is 5.49. The van der Waals surface area contributed by atoms with Gasteiger partial charge in [-0.15, -0.1) is 11.3 Å². The maximum atomic E-state index is 4.16. The first-order valence-corrected chi connectivity index (χ1v) is 6.74. The van der Waals surface area contributed by atoms with Gasteiger partial charge in [0.1, 0.15) is 0 Å². The molecule has 2 aromatic heterocycles. The molecule has 2 aromatic rings. The number of rotatable bonds is 4. The van der Waals surface area contributed by atoms with Crippen molar-refractivity contribution >= 4 is 11.3 Å². The zero-order valence-electron chi connectivity index (χ0n) is 10.5. The molecule has 1 unspecified atom stereocenters. The van der Waals surface area contributed by atoms with Crippen LogP contribution < -0.4 is 5.32 Å². The zero-order chi connectivity index (χ0) is 12.3. The summed E-state index contributed by atoms with van der Waals surface area (Å²) in [6.07, 6.45) is 3.80. The molecule has 0 amide bonds. The van der Waals surface area contributed by atoms with E-state index in [1.54, 1.807) is 0 Å². The first-order valence-electron chi connectivity index (χ1n) is 5.92. The molecule has 0 bridgehead atoms. The summed E-state index contributed by atoms with van der Waals surface area (Å²) in [5.74, 6) is 0. The van der Waals surface area contributed by atoms with Gasteiger partial charge in [0.25, 0.3) is 0 Å². The number of hydrogen-bond acceptors (Lipinski definition) is 3. The summed E-state index contributed by atoms with van der Waals surface area (Å²) in [5, 5.41) is 3.55. The third kappa shape index (κ3) is 2.73. The van der Waals surface area contributed by atoms with E-state index in [9.17, 15) is 0 Å². The zero-order valence-corrected chi connectivity index (χ0v) is 11.3. The molecule has 0 spiro atoms. The molecule has 0 saturated carbocycles. The SMILES string of the molecule is CCNC(c1ccc(C)s1)c1ccncc1C. The van der Waals surface area contributed by atoms with Gasteiger partial charge in [0.15, 0.2) is 0 Å². The third-order valence-corrected chi connectivity index (χ3v) is 3.89. The van der Waals surface area contributed by atoms with Crippen LogP contribution >= 0.6 is 11.3 Å². The van der Waals surface area contributed by atoms with Crippen LogP contribution in [0.2, 0.25) is 0 Å². The summed E-state index contributed by atoms with van der Waals surface area (Å²) in [5.41, 5.74) is 2.56. The highest BCUT2D eigenvalue weighted by atomic mass is 32.1. The van der Waals surface area contributed by atoms with Crippen molar-refractivity contribution in [3.8, 4) is 0 Å². The van der Waals surface area contributed by atoms with E-state index in [-0.39, 0.29) is 0 Å². The van der Waals surface area contributed by atoms with E-state index < -0.39 is 0 Å². The Balaban J connectivity index is 2.39. The monoisotopic (exact) mass is 246 g/mol. The fourth-order valence-electron chi connectivity index (χ4n) is 1.98. The molecule has 0 aromatic carbocycles. The van der Waals surface area contributed by atoms with Gasteiger partial charge in [-0.1, -0.05) is 6.92 Å². The Morgan fingerprint density at radius 1 is 1.29 bits per heavy atom. The normalized spacial score (nSPS) is 12.6. The molecule has 3 heteroatoms. The fraction of sp³-hybridized carbons (Fsp3) is 0.357. The van der Waals surface area contributed by atoms with Crippen LogP contribution in [0.5, 0.6) is 0 Å². The predicted octanol–water partition coefficient (Wildman–Crippen LogP) is 3.46. The van der Waals surface area contributed by atoms with Crippen molar-refractivity contribution in [1.82, 2.24) is 10.3 Å². The van der Waals surface area contributed by atoms with Crippen LogP contribution in [-0.4, -0.2) is 11.5 Å². The van der Waals surface area contributed by atoms with Gasteiger partial charge in [-0.05, 0) is 49.7 Å². The summed E-state index contributed by atoms with van der Waals surface area (Å²) < 4.78 is 0. The lowest BCUT2D eigenvalue weighted by Crippen LogP contribution is -2.21. The second kappa shape index (κ2) is 5.43. The number of nitrogens with zero attached hydrogens (tertiary/aromatic N) is 1. The van der Waals surface area contributed by atoms with Crippen molar-refractivity contribution in [2.24, 2.45) is 0 Å². The fourth-order valence-corrected chi connectivity index (χ4v) is 2.96. The van der Waals surface area contributed by atoms with E-state index in [1.807, 2.05) is 23.7 Å². The van der Waals surface area contributed by atoms with Crippen LogP contribution in [0.4, 0.5) is 0 Å². The van der Waals surface area contributed by atoms with Crippen LogP contribution in [0, 0.1) is 13.8 Å². The summed E-state index contributed by atoms with van der Waals surface area (Å²) in [7, 11) is 0. The molecule has 2 nitrogen and oxygen atoms in total. The molecule has 0 fully saturated rings. The molecule has 0 radical (unpaired) electrons. The summed E-state index contributed by atoms with van der Waals surface area (Å²) in [6, 6.07) is 6.80. The molecule has 1 atom stereocenters. The van der Waals surface area contributed by atoms with E-state index in [4.69, 9.17) is 0 Å². The van der Waals surface area contributed by atoms with E-state index in [0.29, 0.717) is 6.04 Å². The van der Waals surface area contributed by atoms with Crippen molar-refractivity contribution in [3.63, 3.8) is 0 Å². The number of hydrogen-bond donors (Lipinski definition) is 1. The summed E-state index contributed by atoms with van der Waals surface area (Å²) in [6.45, 7) is 7.37. The third-order valence-electron chi connectivity index (χ3n) is 2.83. The van der Waals surface area contributed by atoms with Crippen molar-refractivity contribution in [2.45, 2.75) is 26.8 Å². The van der Waals surface area contributed by atoms with E-state index in [0.717, 1.165) is 6.54 Å². The van der Waals surface area contributed by atoms with Gasteiger partial charge >= 0.3 is 0 Å². The highest BCUT2D eigenvalue weighted by molar-refractivity contribution is 7.12. The average molecular weight is 246 g/mol. The Hall–Kier alpha value is -1.19. The molecule has 90 valence electrons. The van der Waals surface area contributed by atoms with Gasteiger partial charge in [0, 0.05) is 22.1 Å². The van der Waals surface area contributed by atoms with E-state index in [1.165, 1.54) is 20.9 Å². The minimum atomic E-state index is 0.293. The Bertz CT molecular complexity index is 490. The van der Waals surface area contributed by atoms with Gasteiger partial charge in [0.05, 0.1) is 6.04 Å². The van der Waals surface area contributed by atoms with Crippen molar-refractivity contribution in [1.29, 1.82) is 0 Å². The highest BCUT2D eigenvalue weighted by Crippen LogP contribution is 2.29. The molecule has 17 heavy (non-hydrogen) atoms. The van der Waals surface area contributed by atoms with Gasteiger partial charge in [-0.2, -0.15) is 0 Å². The van der Waals surface area contributed by atoms with E-state index in [2.05, 4.69) is 49.3 Å². The Kier molecular flexibility index (Phi) is 3.92. The number of nitrogens with one attached hydrogen (secondary N) is 1. The molecule has 1 N–H and O–H groups in total. The maximum Gasteiger partial charge on any atom is 0.0674 e. The lowest BCUT2D eigenvalue weighted by atomic mass is 10.0. The van der Waals surface area contributed by atoms with Gasteiger partial charge in [-0.25, -0.2) is 0 Å². The number of aromatic nitrogens is 1. The topological polar surface area (TPSA) is 24.9 Å². The smallest absolute Gasteiger partial charge is 0.0674 e.